The lowest BCUT2D eigenvalue weighted by molar-refractivity contribution is -0.146. The number of aliphatic hydroxyl groups is 1. The van der Waals surface area contributed by atoms with E-state index in [-0.39, 0.29) is 24.8 Å². The van der Waals surface area contributed by atoms with Crippen molar-refractivity contribution in [1.82, 2.24) is 25.1 Å². The van der Waals surface area contributed by atoms with E-state index >= 15 is 0 Å². The third-order valence-electron chi connectivity index (χ3n) is 8.78. The van der Waals surface area contributed by atoms with Crippen molar-refractivity contribution in [3.05, 3.63) is 72.5 Å². The summed E-state index contributed by atoms with van der Waals surface area (Å²) in [5.74, 6) is 0.0622. The fraction of sp³-hybridized carbons (Fsp3) is 0.469. The molecule has 0 saturated carbocycles. The number of nitrogens with one attached hydrogen (secondary N) is 1. The lowest BCUT2D eigenvalue weighted by Crippen LogP contribution is -2.63. The van der Waals surface area contributed by atoms with E-state index in [2.05, 4.69) is 9.97 Å². The Morgan fingerprint density at radius 1 is 1.11 bits per heavy atom. The van der Waals surface area contributed by atoms with Crippen molar-refractivity contribution in [2.24, 2.45) is 5.92 Å². The molecular weight excluding hydrogens is 610 g/mol. The number of oxazole rings is 1. The topological polar surface area (TPSA) is 117 Å². The van der Waals surface area contributed by atoms with Crippen molar-refractivity contribution in [2.75, 3.05) is 32.7 Å². The van der Waals surface area contributed by atoms with E-state index in [1.54, 1.807) is 30.6 Å². The van der Waals surface area contributed by atoms with Gasteiger partial charge in [-0.25, -0.2) is 9.37 Å². The van der Waals surface area contributed by atoms with Crippen LogP contribution in [0.15, 0.2) is 63.8 Å². The number of rotatable bonds is 9. The highest BCUT2D eigenvalue weighted by molar-refractivity contribution is 5.82. The number of carbonyl (C=O) groups excluding carboxylic acids is 1. The van der Waals surface area contributed by atoms with Crippen LogP contribution in [-0.2, 0) is 21.5 Å². The van der Waals surface area contributed by atoms with E-state index in [0.717, 1.165) is 5.39 Å². The minimum atomic E-state index is -4.57. The standard InChI is InChI=1S/C32H35F4N5O5/c1-31(2,30-38-15-27(46-30)19-3-5-22(33)6-4-19)41-10-9-40(25(17-41)28(42)39-18-32(34,35)36)16-24-12-20(29(43)45-24)11-23-13-21-14-37-8-7-26(21)44-23/h3-8,13-15,20,24-25,29,43H,9-12,16-18H2,1-2H3,(H,39,42)/t20-,24+,25+,29?/m1/s1. The maximum Gasteiger partial charge on any atom is 0.405 e. The van der Waals surface area contributed by atoms with E-state index in [9.17, 15) is 27.5 Å². The Hall–Kier alpha value is -3.85. The smallest absolute Gasteiger partial charge is 0.405 e. The number of hydrogen-bond acceptors (Lipinski definition) is 9. The molecule has 2 fully saturated rings. The molecule has 2 aliphatic heterocycles. The molecule has 4 atom stereocenters. The molecule has 1 unspecified atom stereocenters. The summed E-state index contributed by atoms with van der Waals surface area (Å²) in [5.41, 5.74) is 0.500. The second-order valence-electron chi connectivity index (χ2n) is 12.4. The largest absolute Gasteiger partial charge is 0.461 e. The van der Waals surface area contributed by atoms with Gasteiger partial charge in [0.05, 0.1) is 17.8 Å². The number of fused-ring (bicyclic) bond motifs is 1. The van der Waals surface area contributed by atoms with Crippen LogP contribution in [0.4, 0.5) is 17.6 Å². The quantitative estimate of drug-likeness (QED) is 0.254. The number of piperazine rings is 1. The molecular formula is C32H35F4N5O5. The zero-order chi connectivity index (χ0) is 32.6. The molecule has 4 aromatic rings. The SMILES string of the molecule is CC(C)(c1ncc(-c2ccc(F)cc2)o1)N1CCN(C[C@@H]2C[C@@H](Cc3cc4cnccc4o3)C(O)O2)[C@H](C(=O)NCC(F)(F)F)C1. The van der Waals surface area contributed by atoms with Crippen molar-refractivity contribution >= 4 is 16.9 Å². The molecule has 3 aromatic heterocycles. The van der Waals surface area contributed by atoms with Crippen LogP contribution in [0.2, 0.25) is 0 Å². The molecule has 1 aromatic carbocycles. The predicted octanol–water partition coefficient (Wildman–Crippen LogP) is 4.49. The number of alkyl halides is 3. The fourth-order valence-electron chi connectivity index (χ4n) is 6.22. The van der Waals surface area contributed by atoms with Crippen molar-refractivity contribution in [3.8, 4) is 11.3 Å². The van der Waals surface area contributed by atoms with Gasteiger partial charge in [-0.15, -0.1) is 0 Å². The van der Waals surface area contributed by atoms with Crippen LogP contribution in [0.25, 0.3) is 22.3 Å². The first kappa shape index (κ1) is 32.1. The Morgan fingerprint density at radius 2 is 1.89 bits per heavy atom. The summed E-state index contributed by atoms with van der Waals surface area (Å²) in [6.45, 7) is 3.41. The summed E-state index contributed by atoms with van der Waals surface area (Å²) < 4.78 is 70.4. The number of carbonyl (C=O) groups is 1. The Balaban J connectivity index is 1.15. The molecule has 0 spiro atoms. The average molecular weight is 646 g/mol. The van der Waals surface area contributed by atoms with Gasteiger partial charge in [0.25, 0.3) is 0 Å². The highest BCUT2D eigenvalue weighted by atomic mass is 19.4. The number of nitrogens with zero attached hydrogens (tertiary/aromatic N) is 4. The van der Waals surface area contributed by atoms with E-state index < -0.39 is 42.6 Å². The second kappa shape index (κ2) is 12.7. The minimum absolute atomic E-state index is 0.0939. The number of pyridine rings is 1. The van der Waals surface area contributed by atoms with Crippen molar-refractivity contribution in [1.29, 1.82) is 0 Å². The van der Waals surface area contributed by atoms with Crippen molar-refractivity contribution < 1.29 is 41.0 Å². The normalized spacial score (nSPS) is 23.3. The highest BCUT2D eigenvalue weighted by Crippen LogP contribution is 2.34. The third-order valence-corrected chi connectivity index (χ3v) is 8.78. The Kier molecular flexibility index (Phi) is 8.89. The predicted molar refractivity (Wildman–Crippen MR) is 158 cm³/mol. The molecule has 0 bridgehead atoms. The van der Waals surface area contributed by atoms with Gasteiger partial charge in [0, 0.05) is 61.9 Å². The van der Waals surface area contributed by atoms with Crippen molar-refractivity contribution in [2.45, 2.75) is 56.8 Å². The van der Waals surface area contributed by atoms with Gasteiger partial charge in [-0.2, -0.15) is 13.2 Å². The molecule has 2 saturated heterocycles. The zero-order valence-corrected chi connectivity index (χ0v) is 25.3. The maximum absolute atomic E-state index is 13.4. The van der Waals surface area contributed by atoms with E-state index in [4.69, 9.17) is 13.6 Å². The number of ether oxygens (including phenoxy) is 1. The lowest BCUT2D eigenvalue weighted by Gasteiger charge is -2.46. The van der Waals surface area contributed by atoms with Gasteiger partial charge < -0.3 is 24.0 Å². The van der Waals surface area contributed by atoms with Crippen LogP contribution in [0, 0.1) is 11.7 Å². The number of benzene rings is 1. The van der Waals surface area contributed by atoms with E-state index in [0.29, 0.717) is 54.5 Å². The van der Waals surface area contributed by atoms with Gasteiger partial charge in [-0.3, -0.25) is 19.6 Å². The Bertz CT molecular complexity index is 1620. The van der Waals surface area contributed by atoms with Crippen LogP contribution in [0.5, 0.6) is 0 Å². The minimum Gasteiger partial charge on any atom is -0.461 e. The summed E-state index contributed by atoms with van der Waals surface area (Å²) in [5, 5.41) is 13.6. The van der Waals surface area contributed by atoms with Crippen LogP contribution >= 0.6 is 0 Å². The first-order chi connectivity index (χ1) is 21.9. The van der Waals surface area contributed by atoms with Gasteiger partial charge in [-0.1, -0.05) is 0 Å². The van der Waals surface area contributed by atoms with Gasteiger partial charge in [0.1, 0.15) is 29.7 Å². The number of furan rings is 1. The molecule has 1 amide bonds. The molecule has 6 rings (SSSR count). The first-order valence-corrected chi connectivity index (χ1v) is 15.1. The molecule has 14 heteroatoms. The molecule has 2 N–H and O–H groups in total. The van der Waals surface area contributed by atoms with Crippen LogP contribution in [0.3, 0.4) is 0 Å². The fourth-order valence-corrected chi connectivity index (χ4v) is 6.22. The van der Waals surface area contributed by atoms with E-state index in [1.807, 2.05) is 35.0 Å². The Labute approximate surface area is 262 Å². The number of hydrogen-bond donors (Lipinski definition) is 2. The second-order valence-corrected chi connectivity index (χ2v) is 12.4. The van der Waals surface area contributed by atoms with Gasteiger partial charge >= 0.3 is 6.18 Å². The lowest BCUT2D eigenvalue weighted by atomic mass is 9.97. The van der Waals surface area contributed by atoms with Crippen molar-refractivity contribution in [3.63, 3.8) is 0 Å². The molecule has 0 aliphatic carbocycles. The molecule has 5 heterocycles. The van der Waals surface area contributed by atoms with E-state index in [1.165, 1.54) is 18.3 Å². The zero-order valence-electron chi connectivity index (χ0n) is 25.3. The first-order valence-electron chi connectivity index (χ1n) is 15.1. The number of aromatic nitrogens is 2. The summed E-state index contributed by atoms with van der Waals surface area (Å²) >= 11 is 0. The maximum atomic E-state index is 13.4. The molecule has 0 radical (unpaired) electrons. The summed E-state index contributed by atoms with van der Waals surface area (Å²) in [6.07, 6.45) is -0.303. The summed E-state index contributed by atoms with van der Waals surface area (Å²) in [4.78, 5) is 25.5. The third kappa shape index (κ3) is 7.09. The number of amides is 1. The monoisotopic (exact) mass is 645 g/mol. The average Bonchev–Trinajstić information content (AvgIpc) is 3.75. The molecule has 246 valence electrons. The Morgan fingerprint density at radius 3 is 2.63 bits per heavy atom. The van der Waals surface area contributed by atoms with Crippen LogP contribution < -0.4 is 5.32 Å². The molecule has 10 nitrogen and oxygen atoms in total. The van der Waals surface area contributed by atoms with Gasteiger partial charge in [0.2, 0.25) is 11.8 Å². The van der Waals surface area contributed by atoms with Gasteiger partial charge in [-0.05, 0) is 56.7 Å². The summed E-state index contributed by atoms with van der Waals surface area (Å²) in [7, 11) is 0. The van der Waals surface area contributed by atoms with Crippen LogP contribution in [0.1, 0.15) is 31.9 Å². The van der Waals surface area contributed by atoms with Gasteiger partial charge in [0.15, 0.2) is 12.1 Å². The number of aliphatic hydroxyl groups excluding tert-OH is 1. The number of halogens is 4. The highest BCUT2D eigenvalue weighted by Gasteiger charge is 2.44. The molecule has 2 aliphatic rings. The van der Waals surface area contributed by atoms with Crippen LogP contribution in [-0.4, -0.2) is 88.1 Å². The molecule has 46 heavy (non-hydrogen) atoms. The summed E-state index contributed by atoms with van der Waals surface area (Å²) in [6, 6.07) is 8.49.